The van der Waals surface area contributed by atoms with Crippen LogP contribution < -0.4 is 5.32 Å². The van der Waals surface area contributed by atoms with Crippen LogP contribution in [-0.4, -0.2) is 39.8 Å². The summed E-state index contributed by atoms with van der Waals surface area (Å²) in [5, 5.41) is 21.5. The molecule has 0 spiro atoms. The number of methoxy groups -OCH3 is 1. The quantitative estimate of drug-likeness (QED) is 0.516. The minimum absolute atomic E-state index is 0.00481. The van der Waals surface area contributed by atoms with E-state index in [1.54, 1.807) is 13.8 Å². The molecular weight excluding hydrogens is 413 g/mol. The molecule has 2 heterocycles. The van der Waals surface area contributed by atoms with Crippen LogP contribution >= 0.6 is 0 Å². The van der Waals surface area contributed by atoms with Crippen LogP contribution in [-0.2, 0) is 9.53 Å². The van der Waals surface area contributed by atoms with E-state index in [2.05, 4.69) is 15.3 Å². The summed E-state index contributed by atoms with van der Waals surface area (Å²) in [7, 11) is 1.39. The van der Waals surface area contributed by atoms with Crippen molar-refractivity contribution in [2.45, 2.75) is 31.9 Å². The molecule has 0 amide bonds. The van der Waals surface area contributed by atoms with Crippen molar-refractivity contribution in [2.24, 2.45) is 0 Å². The first kappa shape index (κ1) is 22.1. The van der Waals surface area contributed by atoms with Crippen molar-refractivity contribution in [1.82, 2.24) is 9.97 Å². The van der Waals surface area contributed by atoms with E-state index >= 15 is 0 Å². The van der Waals surface area contributed by atoms with Crippen LogP contribution in [0.3, 0.4) is 0 Å². The molecule has 0 saturated carbocycles. The average molecular weight is 432 g/mol. The monoisotopic (exact) mass is 432 g/mol. The molecular formula is C21H19F3N4O3. The highest BCUT2D eigenvalue weighted by Gasteiger charge is 2.32. The van der Waals surface area contributed by atoms with Crippen LogP contribution in [0.15, 0.2) is 24.4 Å². The minimum atomic E-state index is -1.14. The van der Waals surface area contributed by atoms with Crippen molar-refractivity contribution in [2.75, 3.05) is 12.4 Å². The summed E-state index contributed by atoms with van der Waals surface area (Å²) in [5.74, 6) is -4.01. The molecule has 10 heteroatoms. The highest BCUT2D eigenvalue weighted by Crippen LogP contribution is 2.34. The maximum Gasteiger partial charge on any atom is 0.305 e. The molecule has 0 aliphatic heterocycles. The molecule has 0 radical (unpaired) electrons. The van der Waals surface area contributed by atoms with E-state index < -0.39 is 41.5 Å². The SMILES string of the molecule is COC(C)(C)C(CC(=O)O)Nc1nc(-c2c[nH]c3c(F)cc(F)cc23)c(C#N)cc1F. The Kier molecular flexibility index (Phi) is 5.90. The first-order chi connectivity index (χ1) is 14.6. The third kappa shape index (κ3) is 4.32. The molecule has 0 fully saturated rings. The Balaban J connectivity index is 2.15. The Labute approximate surface area is 175 Å². The summed E-state index contributed by atoms with van der Waals surface area (Å²) in [4.78, 5) is 18.1. The topological polar surface area (TPSA) is 111 Å². The number of H-pyrrole nitrogens is 1. The lowest BCUT2D eigenvalue weighted by atomic mass is 9.95. The normalized spacial score (nSPS) is 12.5. The zero-order valence-corrected chi connectivity index (χ0v) is 16.9. The standard InChI is InChI=1S/C21H19F3N4O3/c1-21(2,31-3)16(7-17(29)30)27-20-15(24)4-10(8-25)18(28-20)13-9-26-19-12(13)5-11(22)6-14(19)23/h4-6,9,16,26H,7H2,1-3H3,(H,27,28)(H,29,30). The van der Waals surface area contributed by atoms with E-state index in [1.165, 1.54) is 13.3 Å². The van der Waals surface area contributed by atoms with Gasteiger partial charge in [-0.2, -0.15) is 5.26 Å². The summed E-state index contributed by atoms with van der Waals surface area (Å²) in [6.07, 6.45) is 0.937. The van der Waals surface area contributed by atoms with E-state index in [1.807, 2.05) is 6.07 Å². The second kappa shape index (κ2) is 8.28. The number of halogens is 3. The Hall–Kier alpha value is -3.58. The number of rotatable bonds is 7. The maximum atomic E-state index is 14.7. The molecule has 3 rings (SSSR count). The van der Waals surface area contributed by atoms with Gasteiger partial charge in [-0.25, -0.2) is 18.2 Å². The highest BCUT2D eigenvalue weighted by atomic mass is 19.1. The van der Waals surface area contributed by atoms with Gasteiger partial charge in [0.15, 0.2) is 11.6 Å². The number of aromatic amines is 1. The molecule has 1 atom stereocenters. The van der Waals surface area contributed by atoms with Crippen LogP contribution in [0.4, 0.5) is 19.0 Å². The molecule has 0 aliphatic rings. The number of carbonyl (C=O) groups is 1. The van der Waals surface area contributed by atoms with Crippen molar-refractivity contribution in [3.63, 3.8) is 0 Å². The van der Waals surface area contributed by atoms with Gasteiger partial charge in [0.25, 0.3) is 0 Å². The molecule has 0 aliphatic carbocycles. The Morgan fingerprint density at radius 1 is 1.32 bits per heavy atom. The van der Waals surface area contributed by atoms with E-state index in [0.29, 0.717) is 6.07 Å². The van der Waals surface area contributed by atoms with Gasteiger partial charge in [0.1, 0.15) is 17.7 Å². The number of hydrogen-bond acceptors (Lipinski definition) is 5. The van der Waals surface area contributed by atoms with Crippen LogP contribution in [0.1, 0.15) is 25.8 Å². The smallest absolute Gasteiger partial charge is 0.305 e. The van der Waals surface area contributed by atoms with Gasteiger partial charge < -0.3 is 20.1 Å². The minimum Gasteiger partial charge on any atom is -0.481 e. The number of hydrogen-bond donors (Lipinski definition) is 3. The number of nitrogens with zero attached hydrogens (tertiary/aromatic N) is 2. The third-order valence-electron chi connectivity index (χ3n) is 5.11. The molecule has 3 aromatic rings. The number of aliphatic carboxylic acids is 1. The fraction of sp³-hybridized carbons (Fsp3) is 0.286. The second-order valence-electron chi connectivity index (χ2n) is 7.44. The molecule has 7 nitrogen and oxygen atoms in total. The van der Waals surface area contributed by atoms with E-state index in [0.717, 1.165) is 12.1 Å². The lowest BCUT2D eigenvalue weighted by molar-refractivity contribution is -0.138. The molecule has 0 saturated heterocycles. The van der Waals surface area contributed by atoms with Crippen molar-refractivity contribution < 1.29 is 27.8 Å². The Morgan fingerprint density at radius 3 is 2.65 bits per heavy atom. The number of carboxylic acids is 1. The average Bonchev–Trinajstić information content (AvgIpc) is 3.12. The van der Waals surface area contributed by atoms with Crippen LogP contribution in [0.5, 0.6) is 0 Å². The molecule has 31 heavy (non-hydrogen) atoms. The van der Waals surface area contributed by atoms with Gasteiger partial charge in [0.2, 0.25) is 0 Å². The number of ether oxygens (including phenoxy) is 1. The largest absolute Gasteiger partial charge is 0.481 e. The predicted molar refractivity (Wildman–Crippen MR) is 107 cm³/mol. The lowest BCUT2D eigenvalue weighted by Gasteiger charge is -2.33. The fourth-order valence-electron chi connectivity index (χ4n) is 3.18. The van der Waals surface area contributed by atoms with Crippen LogP contribution in [0.2, 0.25) is 0 Å². The van der Waals surface area contributed by atoms with Crippen LogP contribution in [0.25, 0.3) is 22.2 Å². The number of aromatic nitrogens is 2. The zero-order valence-electron chi connectivity index (χ0n) is 16.9. The summed E-state index contributed by atoms with van der Waals surface area (Å²) in [6.45, 7) is 3.25. The fourth-order valence-corrected chi connectivity index (χ4v) is 3.18. The second-order valence-corrected chi connectivity index (χ2v) is 7.44. The van der Waals surface area contributed by atoms with Gasteiger partial charge in [-0.05, 0) is 26.0 Å². The van der Waals surface area contributed by atoms with Gasteiger partial charge in [-0.1, -0.05) is 0 Å². The van der Waals surface area contributed by atoms with E-state index in [9.17, 15) is 28.3 Å². The van der Waals surface area contributed by atoms with E-state index in [-0.39, 0.29) is 33.5 Å². The van der Waals surface area contributed by atoms with Gasteiger partial charge >= 0.3 is 5.97 Å². The Morgan fingerprint density at radius 2 is 2.03 bits per heavy atom. The highest BCUT2D eigenvalue weighted by molar-refractivity contribution is 5.96. The van der Waals surface area contributed by atoms with Gasteiger partial charge in [-0.3, -0.25) is 4.79 Å². The van der Waals surface area contributed by atoms with E-state index in [4.69, 9.17) is 4.74 Å². The number of anilines is 1. The molecule has 1 unspecified atom stereocenters. The van der Waals surface area contributed by atoms with Crippen LogP contribution in [0, 0.1) is 28.8 Å². The van der Waals surface area contributed by atoms with Crippen molar-refractivity contribution >= 4 is 22.7 Å². The summed E-state index contributed by atoms with van der Waals surface area (Å²) in [5.41, 5.74) is -0.992. The number of nitrogens with one attached hydrogen (secondary N) is 2. The van der Waals surface area contributed by atoms with Crippen molar-refractivity contribution in [3.8, 4) is 17.3 Å². The zero-order chi connectivity index (χ0) is 22.9. The van der Waals surface area contributed by atoms with Crippen molar-refractivity contribution in [1.29, 1.82) is 5.26 Å². The number of benzene rings is 1. The first-order valence-corrected chi connectivity index (χ1v) is 9.18. The number of nitriles is 1. The molecule has 2 aromatic heterocycles. The first-order valence-electron chi connectivity index (χ1n) is 9.18. The molecule has 1 aromatic carbocycles. The molecule has 3 N–H and O–H groups in total. The maximum absolute atomic E-state index is 14.7. The number of pyridine rings is 1. The predicted octanol–water partition coefficient (Wildman–Crippen LogP) is 4.20. The third-order valence-corrected chi connectivity index (χ3v) is 5.11. The lowest BCUT2D eigenvalue weighted by Crippen LogP contribution is -2.45. The van der Waals surface area contributed by atoms with Crippen molar-refractivity contribution in [3.05, 3.63) is 47.4 Å². The summed E-state index contributed by atoms with van der Waals surface area (Å²) in [6, 6.07) is 3.66. The number of carboxylic acid groups (broad SMARTS) is 1. The molecule has 0 bridgehead atoms. The van der Waals surface area contributed by atoms with Gasteiger partial charge in [0.05, 0.1) is 34.8 Å². The van der Waals surface area contributed by atoms with Gasteiger partial charge in [-0.15, -0.1) is 0 Å². The molecule has 162 valence electrons. The van der Waals surface area contributed by atoms with Gasteiger partial charge in [0, 0.05) is 30.3 Å². The number of fused-ring (bicyclic) bond motifs is 1. The Bertz CT molecular complexity index is 1200. The summed E-state index contributed by atoms with van der Waals surface area (Å²) >= 11 is 0. The summed E-state index contributed by atoms with van der Waals surface area (Å²) < 4.78 is 47.9.